The number of esters is 2. The van der Waals surface area contributed by atoms with Crippen LogP contribution in [0.1, 0.15) is 17.0 Å². The number of hydrogen-bond acceptors (Lipinski definition) is 11. The predicted octanol–water partition coefficient (Wildman–Crippen LogP) is 4.52. The van der Waals surface area contributed by atoms with E-state index >= 15 is 0 Å². The summed E-state index contributed by atoms with van der Waals surface area (Å²) < 4.78 is 10.1. The molecule has 4 rings (SSSR count). The number of rotatable bonds is 7. The second kappa shape index (κ2) is 12.1. The summed E-state index contributed by atoms with van der Waals surface area (Å²) in [6, 6.07) is 23.2. The van der Waals surface area contributed by atoms with E-state index in [4.69, 9.17) is 15.2 Å². The van der Waals surface area contributed by atoms with E-state index < -0.39 is 22.8 Å². The number of para-hydroxylation sites is 1. The zero-order valence-corrected chi connectivity index (χ0v) is 22.5. The molecule has 0 amide bonds. The lowest BCUT2D eigenvalue weighted by Crippen LogP contribution is -2.41. The highest BCUT2D eigenvalue weighted by atomic mass is 32.2. The van der Waals surface area contributed by atoms with Gasteiger partial charge in [-0.1, -0.05) is 54.2 Å². The van der Waals surface area contributed by atoms with Crippen LogP contribution in [-0.4, -0.2) is 31.1 Å². The van der Waals surface area contributed by atoms with Gasteiger partial charge >= 0.3 is 11.9 Å². The summed E-state index contributed by atoms with van der Waals surface area (Å²) >= 11 is 1.09. The third-order valence-corrected chi connectivity index (χ3v) is 7.37. The molecule has 41 heavy (non-hydrogen) atoms. The summed E-state index contributed by atoms with van der Waals surface area (Å²) in [5.41, 5.74) is 6.84. The quantitative estimate of drug-likeness (QED) is 0.242. The number of non-ortho nitro benzene ring substituents is 1. The molecule has 1 aliphatic rings. The molecule has 0 bridgehead atoms. The summed E-state index contributed by atoms with van der Waals surface area (Å²) in [6.07, 6.45) is 0. The molecule has 1 aliphatic heterocycles. The normalized spacial score (nSPS) is 14.6. The summed E-state index contributed by atoms with van der Waals surface area (Å²) in [4.78, 5) is 39.4. The Bertz CT molecular complexity index is 1700. The van der Waals surface area contributed by atoms with Crippen LogP contribution in [0.2, 0.25) is 0 Å². The van der Waals surface area contributed by atoms with Crippen molar-refractivity contribution in [3.8, 4) is 12.1 Å². The van der Waals surface area contributed by atoms with Crippen molar-refractivity contribution >= 4 is 35.1 Å². The molecule has 1 unspecified atom stereocenters. The van der Waals surface area contributed by atoms with Gasteiger partial charge in [-0.15, -0.1) is 0 Å². The fourth-order valence-electron chi connectivity index (χ4n) is 4.42. The van der Waals surface area contributed by atoms with Crippen LogP contribution >= 0.6 is 11.8 Å². The molecule has 0 fully saturated rings. The summed E-state index contributed by atoms with van der Waals surface area (Å²) in [5.74, 6) is -2.92. The fourth-order valence-corrected chi connectivity index (χ4v) is 5.42. The van der Waals surface area contributed by atoms with Gasteiger partial charge in [-0.2, -0.15) is 10.5 Å². The molecule has 0 radical (unpaired) electrons. The fraction of sp³-hybridized carbons (Fsp3) is 0.103. The standard InChI is InChI=1S/C29H21N5O6S/c1-39-28(35)25-24(17-8-4-3-5-9-17)20(16-31)27(32)33(26(25)29(36)40-2)21-10-6-7-11-23(21)41-22-13-12-19(34(37)38)14-18(22)15-30/h3-14,24H,32H2,1-2H3. The topological polar surface area (TPSA) is 173 Å². The SMILES string of the molecule is COC(=O)C1=C(C(=O)OC)N(c2ccccc2Sc2ccc([N+](=O)[O-])cc2C#N)C(N)=C(C#N)C1c1ccccc1. The van der Waals surface area contributed by atoms with Crippen LogP contribution in [0.15, 0.2) is 105 Å². The molecule has 3 aromatic rings. The first-order valence-corrected chi connectivity index (χ1v) is 12.7. The van der Waals surface area contributed by atoms with Gasteiger partial charge in [0.25, 0.3) is 5.69 Å². The Morgan fingerprint density at radius 1 is 0.951 bits per heavy atom. The average molecular weight is 568 g/mol. The number of nitrogens with zero attached hydrogens (tertiary/aromatic N) is 4. The number of benzene rings is 3. The van der Waals surface area contributed by atoms with E-state index in [1.54, 1.807) is 54.6 Å². The first-order chi connectivity index (χ1) is 19.8. The average Bonchev–Trinajstić information content (AvgIpc) is 3.00. The van der Waals surface area contributed by atoms with Gasteiger partial charge in [-0.3, -0.25) is 15.0 Å². The first-order valence-electron chi connectivity index (χ1n) is 11.9. The minimum atomic E-state index is -1.03. The van der Waals surface area contributed by atoms with Crippen LogP contribution in [-0.2, 0) is 19.1 Å². The summed E-state index contributed by atoms with van der Waals surface area (Å²) in [7, 11) is 2.31. The molecule has 2 N–H and O–H groups in total. The number of methoxy groups -OCH3 is 2. The Morgan fingerprint density at radius 3 is 2.22 bits per heavy atom. The number of nitro benzene ring substituents is 1. The third kappa shape index (κ3) is 5.32. The maximum Gasteiger partial charge on any atom is 0.355 e. The van der Waals surface area contributed by atoms with Crippen LogP contribution in [0.3, 0.4) is 0 Å². The molecular weight excluding hydrogens is 546 g/mol. The minimum Gasteiger partial charge on any atom is -0.466 e. The lowest BCUT2D eigenvalue weighted by atomic mass is 9.81. The molecule has 0 aliphatic carbocycles. The van der Waals surface area contributed by atoms with Crippen molar-refractivity contribution in [2.24, 2.45) is 5.73 Å². The van der Waals surface area contributed by atoms with E-state index in [2.05, 4.69) is 6.07 Å². The van der Waals surface area contributed by atoms with Gasteiger partial charge in [0, 0.05) is 21.9 Å². The Hall–Kier alpha value is -5.59. The highest BCUT2D eigenvalue weighted by Crippen LogP contribution is 2.46. The number of hydrogen-bond donors (Lipinski definition) is 1. The van der Waals surface area contributed by atoms with Gasteiger partial charge in [-0.25, -0.2) is 9.59 Å². The number of carbonyl (C=O) groups is 2. The monoisotopic (exact) mass is 567 g/mol. The number of nitriles is 2. The highest BCUT2D eigenvalue weighted by Gasteiger charge is 2.43. The van der Waals surface area contributed by atoms with E-state index in [0.717, 1.165) is 32.0 Å². The Balaban J connectivity index is 1.99. The van der Waals surface area contributed by atoms with Gasteiger partial charge < -0.3 is 15.2 Å². The number of nitro groups is 1. The molecule has 3 aromatic carbocycles. The molecule has 12 heteroatoms. The second-order valence-electron chi connectivity index (χ2n) is 8.45. The largest absolute Gasteiger partial charge is 0.466 e. The highest BCUT2D eigenvalue weighted by molar-refractivity contribution is 7.99. The van der Waals surface area contributed by atoms with Crippen molar-refractivity contribution in [1.82, 2.24) is 0 Å². The van der Waals surface area contributed by atoms with E-state index in [0.29, 0.717) is 21.0 Å². The smallest absolute Gasteiger partial charge is 0.355 e. The molecule has 1 heterocycles. The van der Waals surface area contributed by atoms with E-state index in [1.165, 1.54) is 17.0 Å². The molecule has 0 saturated heterocycles. The van der Waals surface area contributed by atoms with Crippen molar-refractivity contribution in [2.45, 2.75) is 15.7 Å². The van der Waals surface area contributed by atoms with Gasteiger partial charge in [0.1, 0.15) is 17.6 Å². The Labute approximate surface area is 238 Å². The number of anilines is 1. The first kappa shape index (κ1) is 28.4. The lowest BCUT2D eigenvalue weighted by molar-refractivity contribution is -0.384. The van der Waals surface area contributed by atoms with Crippen molar-refractivity contribution < 1.29 is 24.0 Å². The van der Waals surface area contributed by atoms with Crippen molar-refractivity contribution in [2.75, 3.05) is 19.1 Å². The second-order valence-corrected chi connectivity index (χ2v) is 9.54. The van der Waals surface area contributed by atoms with Crippen molar-refractivity contribution in [1.29, 1.82) is 10.5 Å². The summed E-state index contributed by atoms with van der Waals surface area (Å²) in [5, 5.41) is 31.1. The van der Waals surface area contributed by atoms with Crippen LogP contribution < -0.4 is 10.6 Å². The third-order valence-electron chi connectivity index (χ3n) is 6.23. The van der Waals surface area contributed by atoms with Crippen molar-refractivity contribution in [3.63, 3.8) is 0 Å². The van der Waals surface area contributed by atoms with Gasteiger partial charge in [0.15, 0.2) is 0 Å². The number of allylic oxidation sites excluding steroid dienone is 1. The molecule has 0 aromatic heterocycles. The molecule has 0 spiro atoms. The van der Waals surface area contributed by atoms with Crippen LogP contribution in [0.25, 0.3) is 0 Å². The summed E-state index contributed by atoms with van der Waals surface area (Å²) in [6.45, 7) is 0. The van der Waals surface area contributed by atoms with Crippen LogP contribution in [0, 0.1) is 32.8 Å². The maximum atomic E-state index is 13.4. The Kier molecular flexibility index (Phi) is 8.37. The predicted molar refractivity (Wildman–Crippen MR) is 148 cm³/mol. The molecule has 0 saturated carbocycles. The van der Waals surface area contributed by atoms with E-state index in [-0.39, 0.29) is 33.9 Å². The zero-order valence-electron chi connectivity index (χ0n) is 21.7. The van der Waals surface area contributed by atoms with Gasteiger partial charge in [0.05, 0.1) is 53.5 Å². The van der Waals surface area contributed by atoms with E-state index in [9.17, 15) is 30.2 Å². The molecule has 11 nitrogen and oxygen atoms in total. The van der Waals surface area contributed by atoms with Crippen LogP contribution in [0.5, 0.6) is 0 Å². The van der Waals surface area contributed by atoms with Crippen LogP contribution in [0.4, 0.5) is 11.4 Å². The maximum absolute atomic E-state index is 13.4. The van der Waals surface area contributed by atoms with Gasteiger partial charge in [-0.05, 0) is 23.8 Å². The van der Waals surface area contributed by atoms with Crippen molar-refractivity contribution in [3.05, 3.63) is 117 Å². The molecule has 1 atom stereocenters. The number of ether oxygens (including phenoxy) is 2. The van der Waals surface area contributed by atoms with E-state index in [1.807, 2.05) is 6.07 Å². The lowest BCUT2D eigenvalue weighted by Gasteiger charge is -2.36. The minimum absolute atomic E-state index is 0.00268. The number of carbonyl (C=O) groups excluding carboxylic acids is 2. The zero-order chi connectivity index (χ0) is 29.7. The molecule has 204 valence electrons. The molecular formula is C29H21N5O6S. The van der Waals surface area contributed by atoms with Gasteiger partial charge in [0.2, 0.25) is 0 Å². The number of nitrogens with two attached hydrogens (primary N) is 1. The Morgan fingerprint density at radius 2 is 1.61 bits per heavy atom.